The molecule has 0 bridgehead atoms. The Morgan fingerprint density at radius 3 is 3.13 bits per heavy atom. The molecular formula is C12H14N2O. The van der Waals surface area contributed by atoms with Crippen molar-refractivity contribution in [1.29, 1.82) is 0 Å². The van der Waals surface area contributed by atoms with Gasteiger partial charge in [-0.05, 0) is 11.8 Å². The molecule has 1 amide bonds. The van der Waals surface area contributed by atoms with Crippen LogP contribution in [-0.2, 0) is 4.79 Å². The summed E-state index contributed by atoms with van der Waals surface area (Å²) >= 11 is 0. The van der Waals surface area contributed by atoms with E-state index in [0.717, 1.165) is 13.1 Å². The van der Waals surface area contributed by atoms with Crippen LogP contribution in [0.3, 0.4) is 0 Å². The lowest BCUT2D eigenvalue weighted by molar-refractivity contribution is -0.124. The average molecular weight is 202 g/mol. The van der Waals surface area contributed by atoms with Crippen molar-refractivity contribution in [3.63, 3.8) is 0 Å². The number of nitrogens with one attached hydrogen (secondary N) is 1. The van der Waals surface area contributed by atoms with E-state index in [1.54, 1.807) is 0 Å². The Bertz CT molecular complexity index is 370. The van der Waals surface area contributed by atoms with E-state index < -0.39 is 0 Å². The molecule has 0 aromatic carbocycles. The van der Waals surface area contributed by atoms with Gasteiger partial charge in [-0.3, -0.25) is 9.79 Å². The summed E-state index contributed by atoms with van der Waals surface area (Å²) in [6.07, 6.45) is 10.2. The van der Waals surface area contributed by atoms with Crippen molar-refractivity contribution in [3.8, 4) is 0 Å². The van der Waals surface area contributed by atoms with E-state index in [2.05, 4.69) is 22.5 Å². The first-order valence-electron chi connectivity index (χ1n) is 5.49. The lowest BCUT2D eigenvalue weighted by Gasteiger charge is -2.26. The summed E-state index contributed by atoms with van der Waals surface area (Å²) in [4.78, 5) is 16.2. The van der Waals surface area contributed by atoms with Crippen LogP contribution >= 0.6 is 0 Å². The number of nitrogens with zero attached hydrogens (tertiary/aromatic N) is 1. The van der Waals surface area contributed by atoms with E-state index in [1.807, 2.05) is 18.4 Å². The van der Waals surface area contributed by atoms with Gasteiger partial charge in [0.25, 0.3) is 0 Å². The molecule has 0 aromatic heterocycles. The molecule has 4 unspecified atom stereocenters. The van der Waals surface area contributed by atoms with Gasteiger partial charge in [0.2, 0.25) is 5.91 Å². The highest BCUT2D eigenvalue weighted by Gasteiger charge is 2.40. The first kappa shape index (κ1) is 8.89. The largest absolute Gasteiger partial charge is 0.355 e. The molecule has 3 nitrogen and oxygen atoms in total. The predicted octanol–water partition coefficient (Wildman–Crippen LogP) is 0.791. The number of carbonyl (C=O) groups excluding carboxylic acids is 1. The van der Waals surface area contributed by atoms with Crippen molar-refractivity contribution < 1.29 is 4.79 Å². The van der Waals surface area contributed by atoms with Crippen LogP contribution in [0.25, 0.3) is 0 Å². The first-order valence-corrected chi connectivity index (χ1v) is 5.49. The van der Waals surface area contributed by atoms with Gasteiger partial charge in [-0.1, -0.05) is 24.3 Å². The molecule has 1 saturated heterocycles. The highest BCUT2D eigenvalue weighted by atomic mass is 16.1. The Morgan fingerprint density at radius 1 is 1.33 bits per heavy atom. The third kappa shape index (κ3) is 1.34. The molecule has 2 aliphatic heterocycles. The summed E-state index contributed by atoms with van der Waals surface area (Å²) in [5, 5.41) is 3.00. The minimum atomic E-state index is 0.0201. The molecule has 1 fully saturated rings. The van der Waals surface area contributed by atoms with Crippen LogP contribution in [0.4, 0.5) is 0 Å². The van der Waals surface area contributed by atoms with Crippen LogP contribution < -0.4 is 5.32 Å². The number of amides is 1. The van der Waals surface area contributed by atoms with Crippen LogP contribution in [0.2, 0.25) is 0 Å². The fourth-order valence-electron chi connectivity index (χ4n) is 2.81. The quantitative estimate of drug-likeness (QED) is 0.620. The molecule has 3 heteroatoms. The summed E-state index contributed by atoms with van der Waals surface area (Å²) < 4.78 is 0. The van der Waals surface area contributed by atoms with Crippen molar-refractivity contribution in [1.82, 2.24) is 5.32 Å². The van der Waals surface area contributed by atoms with E-state index in [-0.39, 0.29) is 11.8 Å². The van der Waals surface area contributed by atoms with Gasteiger partial charge < -0.3 is 5.32 Å². The molecule has 15 heavy (non-hydrogen) atoms. The van der Waals surface area contributed by atoms with Gasteiger partial charge >= 0.3 is 0 Å². The normalized spacial score (nSPS) is 42.0. The van der Waals surface area contributed by atoms with Gasteiger partial charge in [-0.25, -0.2) is 0 Å². The second-order valence-electron chi connectivity index (χ2n) is 4.46. The third-order valence-electron chi connectivity index (χ3n) is 3.65. The summed E-state index contributed by atoms with van der Waals surface area (Å²) in [7, 11) is 0. The van der Waals surface area contributed by atoms with Gasteiger partial charge in [0.1, 0.15) is 0 Å². The summed E-state index contributed by atoms with van der Waals surface area (Å²) in [5.74, 6) is 1.47. The Morgan fingerprint density at radius 2 is 2.20 bits per heavy atom. The molecular weight excluding hydrogens is 188 g/mol. The standard InChI is InChI=1S/C12H14N2O/c15-12-10-4-2-1-3-9(10)11-7-13-5-8(11)6-14-12/h1-5,8-11H,6-7H2,(H,14,15). The van der Waals surface area contributed by atoms with E-state index in [4.69, 9.17) is 0 Å². The maximum Gasteiger partial charge on any atom is 0.227 e. The van der Waals surface area contributed by atoms with Gasteiger partial charge in [0.05, 0.1) is 5.92 Å². The Kier molecular flexibility index (Phi) is 1.97. The topological polar surface area (TPSA) is 41.5 Å². The fraction of sp³-hybridized carbons (Fsp3) is 0.500. The molecule has 1 N–H and O–H groups in total. The number of rotatable bonds is 0. The van der Waals surface area contributed by atoms with Crippen molar-refractivity contribution in [2.75, 3.05) is 13.1 Å². The lowest BCUT2D eigenvalue weighted by atomic mass is 9.75. The second kappa shape index (κ2) is 3.33. The van der Waals surface area contributed by atoms with E-state index >= 15 is 0 Å². The molecule has 2 heterocycles. The second-order valence-corrected chi connectivity index (χ2v) is 4.46. The van der Waals surface area contributed by atoms with E-state index in [0.29, 0.717) is 17.8 Å². The van der Waals surface area contributed by atoms with Gasteiger partial charge in [-0.2, -0.15) is 0 Å². The SMILES string of the molecule is O=C1NCC2C=NCC2C2C=CC=CC12. The van der Waals surface area contributed by atoms with Crippen LogP contribution in [-0.4, -0.2) is 25.2 Å². The summed E-state index contributed by atoms with van der Waals surface area (Å²) in [5.41, 5.74) is 0. The van der Waals surface area contributed by atoms with Crippen molar-refractivity contribution in [2.45, 2.75) is 0 Å². The zero-order valence-electron chi connectivity index (χ0n) is 8.47. The Balaban J connectivity index is 1.95. The Labute approximate surface area is 89.0 Å². The van der Waals surface area contributed by atoms with Crippen molar-refractivity contribution >= 4 is 12.1 Å². The number of fused-ring (bicyclic) bond motifs is 3. The maximum atomic E-state index is 11.8. The smallest absolute Gasteiger partial charge is 0.227 e. The molecule has 0 saturated carbocycles. The minimum Gasteiger partial charge on any atom is -0.355 e. The lowest BCUT2D eigenvalue weighted by Crippen LogP contribution is -2.32. The number of carbonyl (C=O) groups is 1. The molecule has 4 atom stereocenters. The van der Waals surface area contributed by atoms with Crippen LogP contribution in [0.1, 0.15) is 0 Å². The number of hydrogen-bond donors (Lipinski definition) is 1. The van der Waals surface area contributed by atoms with E-state index in [9.17, 15) is 4.79 Å². The van der Waals surface area contributed by atoms with Gasteiger partial charge in [0.15, 0.2) is 0 Å². The maximum absolute atomic E-state index is 11.8. The molecule has 3 aliphatic rings. The zero-order valence-corrected chi connectivity index (χ0v) is 8.47. The highest BCUT2D eigenvalue weighted by Crippen LogP contribution is 2.36. The van der Waals surface area contributed by atoms with Crippen molar-refractivity contribution in [2.24, 2.45) is 28.7 Å². The number of hydrogen-bond acceptors (Lipinski definition) is 2. The van der Waals surface area contributed by atoms with Crippen LogP contribution in [0.15, 0.2) is 29.3 Å². The average Bonchev–Trinajstić information content (AvgIpc) is 2.69. The van der Waals surface area contributed by atoms with Gasteiger partial charge in [0, 0.05) is 25.2 Å². The third-order valence-corrected chi connectivity index (χ3v) is 3.65. The molecule has 1 aliphatic carbocycles. The fourth-order valence-corrected chi connectivity index (χ4v) is 2.81. The number of aliphatic imine (C=N–C) groups is 1. The summed E-state index contributed by atoms with van der Waals surface area (Å²) in [6, 6.07) is 0. The first-order chi connectivity index (χ1) is 7.36. The monoisotopic (exact) mass is 202 g/mol. The Hall–Kier alpha value is -1.38. The van der Waals surface area contributed by atoms with Crippen LogP contribution in [0, 0.1) is 23.7 Å². The van der Waals surface area contributed by atoms with Crippen LogP contribution in [0.5, 0.6) is 0 Å². The molecule has 0 spiro atoms. The van der Waals surface area contributed by atoms with Crippen molar-refractivity contribution in [3.05, 3.63) is 24.3 Å². The summed E-state index contributed by atoms with van der Waals surface area (Å²) in [6.45, 7) is 1.63. The molecule has 0 radical (unpaired) electrons. The zero-order chi connectivity index (χ0) is 10.3. The number of allylic oxidation sites excluding steroid dienone is 3. The van der Waals surface area contributed by atoms with E-state index in [1.165, 1.54) is 0 Å². The highest BCUT2D eigenvalue weighted by molar-refractivity contribution is 5.83. The minimum absolute atomic E-state index is 0.0201. The molecule has 78 valence electrons. The van der Waals surface area contributed by atoms with Gasteiger partial charge in [-0.15, -0.1) is 0 Å². The predicted molar refractivity (Wildman–Crippen MR) is 58.6 cm³/mol. The molecule has 0 aromatic rings. The molecule has 3 rings (SSSR count).